The van der Waals surface area contributed by atoms with E-state index in [4.69, 9.17) is 0 Å². The molecule has 0 unspecified atom stereocenters. The summed E-state index contributed by atoms with van der Waals surface area (Å²) in [5.41, 5.74) is 1.38. The molecule has 6 nitrogen and oxygen atoms in total. The van der Waals surface area contributed by atoms with Gasteiger partial charge in [-0.05, 0) is 24.1 Å². The van der Waals surface area contributed by atoms with Gasteiger partial charge in [0.1, 0.15) is 6.54 Å². The van der Waals surface area contributed by atoms with Crippen LogP contribution >= 0.6 is 0 Å². The molecule has 0 aliphatic heterocycles. The van der Waals surface area contributed by atoms with Crippen LogP contribution in [0.5, 0.6) is 0 Å². The van der Waals surface area contributed by atoms with E-state index in [2.05, 4.69) is 10.4 Å². The van der Waals surface area contributed by atoms with Crippen molar-refractivity contribution in [3.8, 4) is 0 Å². The Hall–Kier alpha value is -2.89. The Kier molecular flexibility index (Phi) is 4.00. The first-order valence-corrected chi connectivity index (χ1v) is 7.09. The van der Waals surface area contributed by atoms with Crippen LogP contribution in [0.15, 0.2) is 59.5 Å². The number of pyridine rings is 1. The molecule has 1 aromatic carbocycles. The standard InChI is InChI=1S/C16H16N4O2/c21-15(17-10-9-13-6-2-1-3-7-13)12-20-16(22)19-11-5-4-8-14(19)18-20/h1-8,11H,9-10,12H2,(H,17,21). The predicted octanol–water partition coefficient (Wildman–Crippen LogP) is 0.855. The molecule has 0 aliphatic carbocycles. The van der Waals surface area contributed by atoms with Gasteiger partial charge in [0.2, 0.25) is 5.91 Å². The molecule has 0 aliphatic rings. The molecule has 1 N–H and O–H groups in total. The van der Waals surface area contributed by atoms with Crippen LogP contribution in [-0.4, -0.2) is 26.6 Å². The van der Waals surface area contributed by atoms with Crippen LogP contribution < -0.4 is 11.0 Å². The van der Waals surface area contributed by atoms with Gasteiger partial charge >= 0.3 is 5.69 Å². The second kappa shape index (κ2) is 6.26. The van der Waals surface area contributed by atoms with Gasteiger partial charge in [0.25, 0.3) is 0 Å². The molecule has 22 heavy (non-hydrogen) atoms. The Morgan fingerprint density at radius 3 is 2.64 bits per heavy atom. The molecule has 0 bridgehead atoms. The molecular formula is C16H16N4O2. The van der Waals surface area contributed by atoms with Crippen LogP contribution in [0.1, 0.15) is 5.56 Å². The fourth-order valence-electron chi connectivity index (χ4n) is 2.25. The zero-order chi connectivity index (χ0) is 15.4. The summed E-state index contributed by atoms with van der Waals surface area (Å²) in [7, 11) is 0. The predicted molar refractivity (Wildman–Crippen MR) is 82.6 cm³/mol. The van der Waals surface area contributed by atoms with Crippen molar-refractivity contribution in [2.24, 2.45) is 0 Å². The van der Waals surface area contributed by atoms with Gasteiger partial charge in [0, 0.05) is 12.7 Å². The lowest BCUT2D eigenvalue weighted by Crippen LogP contribution is -2.33. The van der Waals surface area contributed by atoms with Crippen molar-refractivity contribution in [3.63, 3.8) is 0 Å². The monoisotopic (exact) mass is 296 g/mol. The third kappa shape index (κ3) is 3.06. The molecule has 112 valence electrons. The maximum absolute atomic E-state index is 12.0. The molecule has 1 amide bonds. The molecule has 0 saturated heterocycles. The van der Waals surface area contributed by atoms with Gasteiger partial charge in [-0.25, -0.2) is 9.48 Å². The van der Waals surface area contributed by atoms with E-state index in [1.165, 1.54) is 9.08 Å². The molecule has 0 atom stereocenters. The Bertz CT molecular complexity index is 836. The summed E-state index contributed by atoms with van der Waals surface area (Å²) >= 11 is 0. The second-order valence-electron chi connectivity index (χ2n) is 4.95. The molecule has 3 aromatic rings. The van der Waals surface area contributed by atoms with E-state index in [-0.39, 0.29) is 18.1 Å². The van der Waals surface area contributed by atoms with Crippen LogP contribution in [0.4, 0.5) is 0 Å². The number of aromatic nitrogens is 3. The Morgan fingerprint density at radius 2 is 1.86 bits per heavy atom. The number of hydrogen-bond donors (Lipinski definition) is 1. The van der Waals surface area contributed by atoms with Crippen LogP contribution in [0.2, 0.25) is 0 Å². The minimum absolute atomic E-state index is 0.0741. The first-order valence-electron chi connectivity index (χ1n) is 7.09. The van der Waals surface area contributed by atoms with Crippen LogP contribution in [0.3, 0.4) is 0 Å². The summed E-state index contributed by atoms with van der Waals surface area (Å²) in [6, 6.07) is 15.2. The van der Waals surface area contributed by atoms with Crippen molar-refractivity contribution in [1.29, 1.82) is 0 Å². The number of fused-ring (bicyclic) bond motifs is 1. The number of amides is 1. The van der Waals surface area contributed by atoms with Crippen LogP contribution in [-0.2, 0) is 17.8 Å². The van der Waals surface area contributed by atoms with Gasteiger partial charge in [-0.2, -0.15) is 0 Å². The minimum Gasteiger partial charge on any atom is -0.354 e. The number of nitrogens with one attached hydrogen (secondary N) is 1. The highest BCUT2D eigenvalue weighted by Crippen LogP contribution is 1.98. The molecule has 0 fully saturated rings. The van der Waals surface area contributed by atoms with E-state index in [1.54, 1.807) is 24.4 Å². The van der Waals surface area contributed by atoms with Crippen molar-refractivity contribution in [2.75, 3.05) is 6.54 Å². The van der Waals surface area contributed by atoms with Gasteiger partial charge in [-0.3, -0.25) is 9.20 Å². The SMILES string of the molecule is O=C(Cn1nc2ccccn2c1=O)NCCc1ccccc1. The highest BCUT2D eigenvalue weighted by Gasteiger charge is 2.09. The van der Waals surface area contributed by atoms with Crippen LogP contribution in [0, 0.1) is 0 Å². The zero-order valence-electron chi connectivity index (χ0n) is 12.0. The van der Waals surface area contributed by atoms with E-state index < -0.39 is 0 Å². The minimum atomic E-state index is -0.311. The van der Waals surface area contributed by atoms with Crippen LogP contribution in [0.25, 0.3) is 5.65 Å². The van der Waals surface area contributed by atoms with Crippen molar-refractivity contribution >= 4 is 11.6 Å². The van der Waals surface area contributed by atoms with Gasteiger partial charge in [-0.1, -0.05) is 36.4 Å². The largest absolute Gasteiger partial charge is 0.354 e. The van der Waals surface area contributed by atoms with Crippen molar-refractivity contribution in [1.82, 2.24) is 19.5 Å². The van der Waals surface area contributed by atoms with Crippen molar-refractivity contribution in [3.05, 3.63) is 70.8 Å². The lowest BCUT2D eigenvalue weighted by molar-refractivity contribution is -0.121. The number of carbonyl (C=O) groups excluding carboxylic acids is 1. The van der Waals surface area contributed by atoms with Crippen molar-refractivity contribution in [2.45, 2.75) is 13.0 Å². The molecule has 0 radical (unpaired) electrons. The molecule has 0 spiro atoms. The molecule has 2 aromatic heterocycles. The van der Waals surface area contributed by atoms with E-state index in [9.17, 15) is 9.59 Å². The lowest BCUT2D eigenvalue weighted by Gasteiger charge is -2.04. The number of benzene rings is 1. The summed E-state index contributed by atoms with van der Waals surface area (Å²) in [6.45, 7) is 0.459. The third-order valence-corrected chi connectivity index (χ3v) is 3.36. The number of hydrogen-bond acceptors (Lipinski definition) is 3. The summed E-state index contributed by atoms with van der Waals surface area (Å²) in [5.74, 6) is -0.221. The number of nitrogens with zero attached hydrogens (tertiary/aromatic N) is 3. The van der Waals surface area contributed by atoms with Gasteiger partial charge in [0.15, 0.2) is 5.65 Å². The highest BCUT2D eigenvalue weighted by atomic mass is 16.2. The first-order chi connectivity index (χ1) is 10.7. The average molecular weight is 296 g/mol. The topological polar surface area (TPSA) is 68.4 Å². The molecule has 0 saturated carbocycles. The van der Waals surface area contributed by atoms with Gasteiger partial charge < -0.3 is 5.32 Å². The molecule has 3 rings (SSSR count). The second-order valence-corrected chi connectivity index (χ2v) is 4.95. The fraction of sp³-hybridized carbons (Fsp3) is 0.188. The number of carbonyl (C=O) groups is 1. The summed E-state index contributed by atoms with van der Waals surface area (Å²) < 4.78 is 2.59. The normalized spacial score (nSPS) is 10.7. The van der Waals surface area contributed by atoms with Gasteiger partial charge in [0.05, 0.1) is 0 Å². The zero-order valence-corrected chi connectivity index (χ0v) is 12.0. The smallest absolute Gasteiger partial charge is 0.350 e. The highest BCUT2D eigenvalue weighted by molar-refractivity contribution is 5.75. The number of rotatable bonds is 5. The Balaban J connectivity index is 1.59. The maximum Gasteiger partial charge on any atom is 0.350 e. The van der Waals surface area contributed by atoms with E-state index in [0.717, 1.165) is 12.0 Å². The quantitative estimate of drug-likeness (QED) is 0.759. The third-order valence-electron chi connectivity index (χ3n) is 3.36. The summed E-state index contributed by atoms with van der Waals surface area (Å²) in [4.78, 5) is 24.0. The molecular weight excluding hydrogens is 280 g/mol. The maximum atomic E-state index is 12.0. The Morgan fingerprint density at radius 1 is 1.09 bits per heavy atom. The summed E-state index contributed by atoms with van der Waals surface area (Å²) in [5, 5.41) is 6.93. The summed E-state index contributed by atoms with van der Waals surface area (Å²) in [6.07, 6.45) is 2.39. The lowest BCUT2D eigenvalue weighted by atomic mass is 10.1. The molecule has 2 heterocycles. The van der Waals surface area contributed by atoms with Crippen molar-refractivity contribution < 1.29 is 4.79 Å². The van der Waals surface area contributed by atoms with E-state index in [0.29, 0.717) is 12.2 Å². The molecule has 6 heteroatoms. The average Bonchev–Trinajstić information content (AvgIpc) is 2.85. The van der Waals surface area contributed by atoms with Gasteiger partial charge in [-0.15, -0.1) is 5.10 Å². The van der Waals surface area contributed by atoms with E-state index >= 15 is 0 Å². The fourth-order valence-corrected chi connectivity index (χ4v) is 2.25. The van der Waals surface area contributed by atoms with E-state index in [1.807, 2.05) is 30.3 Å². The first kappa shape index (κ1) is 14.1. The Labute approximate surface area is 127 Å².